The number of aliphatic hydroxyl groups is 1. The molecule has 1 rings (SSSR count). The highest BCUT2D eigenvalue weighted by Crippen LogP contribution is 2.27. The Kier molecular flexibility index (Phi) is 3.53. The molecule has 1 N–H and O–H groups in total. The maximum atomic E-state index is 10.1. The zero-order valence-electron chi connectivity index (χ0n) is 8.62. The van der Waals surface area contributed by atoms with E-state index >= 15 is 0 Å². The van der Waals surface area contributed by atoms with Gasteiger partial charge in [-0.1, -0.05) is 11.6 Å². The molecule has 4 nitrogen and oxygen atoms in total. The molecular formula is C9H15ClN2O2. The van der Waals surface area contributed by atoms with Crippen molar-refractivity contribution in [2.45, 2.75) is 26.0 Å². The molecule has 1 aromatic rings. The fraction of sp³-hybridized carbons (Fsp3) is 0.667. The molecule has 0 saturated heterocycles. The van der Waals surface area contributed by atoms with Crippen molar-refractivity contribution in [1.82, 2.24) is 9.78 Å². The van der Waals surface area contributed by atoms with E-state index in [2.05, 4.69) is 5.10 Å². The molecular weight excluding hydrogens is 204 g/mol. The largest absolute Gasteiger partial charge is 0.381 e. The summed E-state index contributed by atoms with van der Waals surface area (Å²) in [5, 5.41) is 14.6. The number of hydrogen-bond donors (Lipinski definition) is 1. The molecule has 0 spiro atoms. The fourth-order valence-corrected chi connectivity index (χ4v) is 1.83. The summed E-state index contributed by atoms with van der Waals surface area (Å²) >= 11 is 5.95. The third-order valence-corrected chi connectivity index (χ3v) is 2.31. The number of aromatic nitrogens is 2. The van der Waals surface area contributed by atoms with Crippen molar-refractivity contribution in [2.75, 3.05) is 13.7 Å². The van der Waals surface area contributed by atoms with E-state index in [0.717, 1.165) is 0 Å². The number of aryl methyl sites for hydroxylation is 1. The second-order valence-corrected chi connectivity index (χ2v) is 3.77. The Hall–Kier alpha value is -0.580. The van der Waals surface area contributed by atoms with E-state index < -0.39 is 5.60 Å². The standard InChI is InChI=1S/C9H15ClN2O2/c1-4-12-8(7(10)5-11-12)9(2,13)6-14-3/h5,13H,4,6H2,1-3H3. The van der Waals surface area contributed by atoms with Gasteiger partial charge in [-0.15, -0.1) is 0 Å². The van der Waals surface area contributed by atoms with Gasteiger partial charge in [-0.3, -0.25) is 4.68 Å². The van der Waals surface area contributed by atoms with Gasteiger partial charge in [-0.05, 0) is 13.8 Å². The molecule has 0 amide bonds. The number of ether oxygens (including phenoxy) is 1. The Bertz CT molecular complexity index is 310. The van der Waals surface area contributed by atoms with Gasteiger partial charge >= 0.3 is 0 Å². The topological polar surface area (TPSA) is 47.3 Å². The van der Waals surface area contributed by atoms with Gasteiger partial charge in [0.25, 0.3) is 0 Å². The molecule has 1 atom stereocenters. The van der Waals surface area contributed by atoms with Gasteiger partial charge < -0.3 is 9.84 Å². The molecule has 1 heterocycles. The van der Waals surface area contributed by atoms with Crippen LogP contribution in [-0.4, -0.2) is 28.6 Å². The number of halogens is 1. The zero-order chi connectivity index (χ0) is 10.8. The van der Waals surface area contributed by atoms with E-state index in [0.29, 0.717) is 17.3 Å². The first-order chi connectivity index (χ1) is 6.53. The summed E-state index contributed by atoms with van der Waals surface area (Å²) < 4.78 is 6.60. The third-order valence-electron chi connectivity index (χ3n) is 2.03. The van der Waals surface area contributed by atoms with Gasteiger partial charge in [0.15, 0.2) is 0 Å². The van der Waals surface area contributed by atoms with Crippen LogP contribution in [0.25, 0.3) is 0 Å². The molecule has 0 aliphatic carbocycles. The summed E-state index contributed by atoms with van der Waals surface area (Å²) in [5.74, 6) is 0. The summed E-state index contributed by atoms with van der Waals surface area (Å²) in [6.07, 6.45) is 1.53. The van der Waals surface area contributed by atoms with Crippen LogP contribution in [0.15, 0.2) is 6.20 Å². The van der Waals surface area contributed by atoms with E-state index in [-0.39, 0.29) is 6.61 Å². The first kappa shape index (κ1) is 11.5. The van der Waals surface area contributed by atoms with Crippen LogP contribution in [0.2, 0.25) is 5.02 Å². The Balaban J connectivity index is 3.08. The molecule has 0 aliphatic rings. The highest BCUT2D eigenvalue weighted by molar-refractivity contribution is 6.31. The van der Waals surface area contributed by atoms with Crippen molar-refractivity contribution in [1.29, 1.82) is 0 Å². The molecule has 0 bridgehead atoms. The van der Waals surface area contributed by atoms with E-state index in [1.54, 1.807) is 11.6 Å². The first-order valence-corrected chi connectivity index (χ1v) is 4.83. The number of methoxy groups -OCH3 is 1. The summed E-state index contributed by atoms with van der Waals surface area (Å²) in [6.45, 7) is 4.46. The minimum Gasteiger partial charge on any atom is -0.381 e. The van der Waals surface area contributed by atoms with Gasteiger partial charge in [-0.2, -0.15) is 5.10 Å². The van der Waals surface area contributed by atoms with Gasteiger partial charge in [0.05, 0.1) is 23.5 Å². The van der Waals surface area contributed by atoms with Gasteiger partial charge in [0.1, 0.15) is 5.60 Å². The van der Waals surface area contributed by atoms with Crippen molar-refractivity contribution >= 4 is 11.6 Å². The van der Waals surface area contributed by atoms with Crippen LogP contribution in [0.4, 0.5) is 0 Å². The lowest BCUT2D eigenvalue weighted by atomic mass is 10.0. The summed E-state index contributed by atoms with van der Waals surface area (Å²) in [7, 11) is 1.54. The van der Waals surface area contributed by atoms with Gasteiger partial charge in [-0.25, -0.2) is 0 Å². The van der Waals surface area contributed by atoms with Crippen LogP contribution in [0.3, 0.4) is 0 Å². The molecule has 0 aliphatic heterocycles. The molecule has 0 fully saturated rings. The van der Waals surface area contributed by atoms with Crippen LogP contribution < -0.4 is 0 Å². The van der Waals surface area contributed by atoms with Crippen LogP contribution in [-0.2, 0) is 16.9 Å². The maximum Gasteiger partial charge on any atom is 0.128 e. The van der Waals surface area contributed by atoms with Crippen LogP contribution in [0.1, 0.15) is 19.5 Å². The Morgan fingerprint density at radius 2 is 2.36 bits per heavy atom. The predicted octanol–water partition coefficient (Wildman–Crippen LogP) is 1.41. The van der Waals surface area contributed by atoms with E-state index in [4.69, 9.17) is 16.3 Å². The molecule has 80 valence electrons. The van der Waals surface area contributed by atoms with Crippen molar-refractivity contribution in [3.63, 3.8) is 0 Å². The van der Waals surface area contributed by atoms with E-state index in [1.807, 2.05) is 6.92 Å². The average molecular weight is 219 g/mol. The maximum absolute atomic E-state index is 10.1. The summed E-state index contributed by atoms with van der Waals surface area (Å²) in [4.78, 5) is 0. The lowest BCUT2D eigenvalue weighted by Gasteiger charge is -2.23. The van der Waals surface area contributed by atoms with Crippen LogP contribution in [0, 0.1) is 0 Å². The Labute approximate surface area is 88.4 Å². The normalized spacial score (nSPS) is 15.5. The molecule has 0 radical (unpaired) electrons. The number of hydrogen-bond acceptors (Lipinski definition) is 3. The van der Waals surface area contributed by atoms with Crippen molar-refractivity contribution in [2.24, 2.45) is 0 Å². The van der Waals surface area contributed by atoms with Gasteiger partial charge in [0.2, 0.25) is 0 Å². The smallest absolute Gasteiger partial charge is 0.128 e. The van der Waals surface area contributed by atoms with Crippen LogP contribution in [0.5, 0.6) is 0 Å². The minimum atomic E-state index is -1.10. The van der Waals surface area contributed by atoms with E-state index in [9.17, 15) is 5.11 Å². The highest BCUT2D eigenvalue weighted by atomic mass is 35.5. The van der Waals surface area contributed by atoms with E-state index in [1.165, 1.54) is 13.3 Å². The lowest BCUT2D eigenvalue weighted by molar-refractivity contribution is -0.0269. The molecule has 0 saturated carbocycles. The van der Waals surface area contributed by atoms with Crippen molar-refractivity contribution in [3.8, 4) is 0 Å². The molecule has 14 heavy (non-hydrogen) atoms. The molecule has 1 aromatic heterocycles. The monoisotopic (exact) mass is 218 g/mol. The average Bonchev–Trinajstić information content (AvgIpc) is 2.47. The number of rotatable bonds is 4. The predicted molar refractivity (Wildman–Crippen MR) is 54.4 cm³/mol. The third kappa shape index (κ3) is 2.08. The quantitative estimate of drug-likeness (QED) is 0.832. The SMILES string of the molecule is CCn1ncc(Cl)c1C(C)(O)COC. The first-order valence-electron chi connectivity index (χ1n) is 4.46. The lowest BCUT2D eigenvalue weighted by Crippen LogP contribution is -2.30. The molecule has 5 heteroatoms. The summed E-state index contributed by atoms with van der Waals surface area (Å²) in [5.41, 5.74) is -0.498. The molecule has 1 unspecified atom stereocenters. The van der Waals surface area contributed by atoms with Crippen molar-refractivity contribution < 1.29 is 9.84 Å². The Morgan fingerprint density at radius 3 is 2.86 bits per heavy atom. The number of nitrogens with zero attached hydrogens (tertiary/aromatic N) is 2. The van der Waals surface area contributed by atoms with Crippen LogP contribution >= 0.6 is 11.6 Å². The zero-order valence-corrected chi connectivity index (χ0v) is 9.38. The minimum absolute atomic E-state index is 0.193. The second-order valence-electron chi connectivity index (χ2n) is 3.36. The Morgan fingerprint density at radius 1 is 1.71 bits per heavy atom. The highest BCUT2D eigenvalue weighted by Gasteiger charge is 2.29. The van der Waals surface area contributed by atoms with Crippen molar-refractivity contribution in [3.05, 3.63) is 16.9 Å². The summed E-state index contributed by atoms with van der Waals surface area (Å²) in [6, 6.07) is 0. The van der Waals surface area contributed by atoms with Gasteiger partial charge in [0, 0.05) is 13.7 Å². The fourth-order valence-electron chi connectivity index (χ4n) is 1.49. The second kappa shape index (κ2) is 4.29. The molecule has 0 aromatic carbocycles.